The van der Waals surface area contributed by atoms with Gasteiger partial charge in [-0.1, -0.05) is 11.6 Å². The number of nitriles is 1. The van der Waals surface area contributed by atoms with Crippen molar-refractivity contribution >= 4 is 29.3 Å². The van der Waals surface area contributed by atoms with Crippen molar-refractivity contribution in [2.45, 2.75) is 20.8 Å². The van der Waals surface area contributed by atoms with Crippen LogP contribution in [0.5, 0.6) is 17.2 Å². The summed E-state index contributed by atoms with van der Waals surface area (Å²) in [6.07, 6.45) is 1.42. The molecule has 0 unspecified atom stereocenters. The van der Waals surface area contributed by atoms with Crippen LogP contribution in [0.1, 0.15) is 26.3 Å². The first-order valence-electron chi connectivity index (χ1n) is 9.27. The molecule has 1 amide bonds. The minimum Gasteiger partial charge on any atom is -0.494 e. The molecular weight excluding hydrogens is 392 g/mol. The molecule has 0 bridgehead atoms. The molecule has 0 saturated heterocycles. The fourth-order valence-corrected chi connectivity index (χ4v) is 2.71. The maximum Gasteiger partial charge on any atom is 0.266 e. The van der Waals surface area contributed by atoms with E-state index in [4.69, 9.17) is 25.8 Å². The fraction of sp³-hybridized carbons (Fsp3) is 0.273. The Morgan fingerprint density at radius 2 is 1.62 bits per heavy atom. The van der Waals surface area contributed by atoms with Crippen molar-refractivity contribution in [2.24, 2.45) is 0 Å². The van der Waals surface area contributed by atoms with Gasteiger partial charge >= 0.3 is 0 Å². The van der Waals surface area contributed by atoms with Crippen molar-refractivity contribution < 1.29 is 19.0 Å². The number of benzene rings is 2. The smallest absolute Gasteiger partial charge is 0.266 e. The SMILES string of the molecule is CCOc1ccc(NC(=O)/C(C#N)=C/c2cc(OCC)c(OCC)cc2Cl)cc1. The number of carbonyl (C=O) groups excluding carboxylic acids is 1. The van der Waals surface area contributed by atoms with Crippen molar-refractivity contribution in [3.05, 3.63) is 52.6 Å². The highest BCUT2D eigenvalue weighted by molar-refractivity contribution is 6.32. The summed E-state index contributed by atoms with van der Waals surface area (Å²) in [4.78, 5) is 12.5. The van der Waals surface area contributed by atoms with E-state index >= 15 is 0 Å². The van der Waals surface area contributed by atoms with Crippen molar-refractivity contribution in [2.75, 3.05) is 25.1 Å². The summed E-state index contributed by atoms with van der Waals surface area (Å²) in [5.74, 6) is 1.16. The average molecular weight is 415 g/mol. The molecule has 0 fully saturated rings. The number of nitrogens with zero attached hydrogens (tertiary/aromatic N) is 1. The predicted molar refractivity (Wildman–Crippen MR) is 114 cm³/mol. The molecular formula is C22H23ClN2O4. The summed E-state index contributed by atoms with van der Waals surface area (Å²) < 4.78 is 16.5. The van der Waals surface area contributed by atoms with E-state index in [9.17, 15) is 10.1 Å². The Morgan fingerprint density at radius 3 is 2.17 bits per heavy atom. The van der Waals surface area contributed by atoms with Gasteiger partial charge in [0.2, 0.25) is 0 Å². The summed E-state index contributed by atoms with van der Waals surface area (Å²) in [5.41, 5.74) is 0.941. The average Bonchev–Trinajstić information content (AvgIpc) is 2.71. The topological polar surface area (TPSA) is 80.6 Å². The van der Waals surface area contributed by atoms with E-state index in [1.807, 2.05) is 26.8 Å². The highest BCUT2D eigenvalue weighted by Crippen LogP contribution is 2.34. The summed E-state index contributed by atoms with van der Waals surface area (Å²) in [6.45, 7) is 7.05. The molecule has 2 aromatic carbocycles. The van der Waals surface area contributed by atoms with Crippen molar-refractivity contribution in [3.8, 4) is 23.3 Å². The third kappa shape index (κ3) is 6.16. The fourth-order valence-electron chi connectivity index (χ4n) is 2.50. The quantitative estimate of drug-likeness (QED) is 0.457. The molecule has 2 rings (SSSR count). The molecule has 0 spiro atoms. The first-order valence-corrected chi connectivity index (χ1v) is 9.65. The molecule has 152 valence electrons. The van der Waals surface area contributed by atoms with Crippen molar-refractivity contribution in [1.82, 2.24) is 0 Å². The third-order valence-corrected chi connectivity index (χ3v) is 4.08. The van der Waals surface area contributed by atoms with E-state index in [1.54, 1.807) is 36.4 Å². The molecule has 0 saturated carbocycles. The number of hydrogen-bond donors (Lipinski definition) is 1. The maximum absolute atomic E-state index is 12.5. The first-order chi connectivity index (χ1) is 14.0. The Morgan fingerprint density at radius 1 is 1.03 bits per heavy atom. The van der Waals surface area contributed by atoms with Crippen LogP contribution in [0, 0.1) is 11.3 Å². The number of halogens is 1. The van der Waals surface area contributed by atoms with Gasteiger partial charge in [0.25, 0.3) is 5.91 Å². The van der Waals surface area contributed by atoms with Gasteiger partial charge in [0.1, 0.15) is 17.4 Å². The second-order valence-corrected chi connectivity index (χ2v) is 6.18. The second kappa shape index (κ2) is 11.0. The molecule has 0 radical (unpaired) electrons. The van der Waals surface area contributed by atoms with Crippen LogP contribution >= 0.6 is 11.6 Å². The molecule has 0 atom stereocenters. The van der Waals surface area contributed by atoms with Crippen LogP contribution in [0.2, 0.25) is 5.02 Å². The third-order valence-electron chi connectivity index (χ3n) is 3.75. The maximum atomic E-state index is 12.5. The summed E-state index contributed by atoms with van der Waals surface area (Å²) in [5, 5.41) is 12.5. The van der Waals surface area contributed by atoms with Crippen LogP contribution in [0.15, 0.2) is 42.0 Å². The number of ether oxygens (including phenoxy) is 3. The Labute approximate surface area is 175 Å². The number of nitrogens with one attached hydrogen (secondary N) is 1. The zero-order valence-corrected chi connectivity index (χ0v) is 17.4. The number of hydrogen-bond acceptors (Lipinski definition) is 5. The van der Waals surface area contributed by atoms with Crippen LogP contribution in [-0.4, -0.2) is 25.7 Å². The molecule has 0 aliphatic heterocycles. The van der Waals surface area contributed by atoms with E-state index < -0.39 is 5.91 Å². The second-order valence-electron chi connectivity index (χ2n) is 5.77. The number of anilines is 1. The molecule has 0 aliphatic carbocycles. The summed E-state index contributed by atoms with van der Waals surface area (Å²) in [7, 11) is 0. The standard InChI is InChI=1S/C22H23ClN2O4/c1-4-27-18-9-7-17(8-10-18)25-22(26)16(14-24)11-15-12-20(28-5-2)21(29-6-3)13-19(15)23/h7-13H,4-6H2,1-3H3,(H,25,26)/b16-11+. The number of carbonyl (C=O) groups is 1. The lowest BCUT2D eigenvalue weighted by Gasteiger charge is -2.13. The molecule has 2 aromatic rings. The molecule has 29 heavy (non-hydrogen) atoms. The van der Waals surface area contributed by atoms with Gasteiger partial charge in [0, 0.05) is 11.8 Å². The van der Waals surface area contributed by atoms with Crippen molar-refractivity contribution in [3.63, 3.8) is 0 Å². The van der Waals surface area contributed by atoms with Crippen LogP contribution in [0.3, 0.4) is 0 Å². The van der Waals surface area contributed by atoms with Crippen LogP contribution in [0.4, 0.5) is 5.69 Å². The lowest BCUT2D eigenvalue weighted by atomic mass is 10.1. The van der Waals surface area contributed by atoms with Crippen LogP contribution < -0.4 is 19.5 Å². The molecule has 1 N–H and O–H groups in total. The summed E-state index contributed by atoms with van der Waals surface area (Å²) >= 11 is 6.32. The van der Waals surface area contributed by atoms with Gasteiger partial charge in [-0.15, -0.1) is 0 Å². The Bertz CT molecular complexity index is 918. The van der Waals surface area contributed by atoms with E-state index in [0.717, 1.165) is 0 Å². The largest absolute Gasteiger partial charge is 0.494 e. The van der Waals surface area contributed by atoms with Gasteiger partial charge in [-0.2, -0.15) is 5.26 Å². The number of amides is 1. The van der Waals surface area contributed by atoms with Crippen LogP contribution in [0.25, 0.3) is 6.08 Å². The predicted octanol–water partition coefficient (Wildman–Crippen LogP) is 5.08. The van der Waals surface area contributed by atoms with Gasteiger partial charge < -0.3 is 19.5 Å². The van der Waals surface area contributed by atoms with E-state index in [1.165, 1.54) is 6.08 Å². The van der Waals surface area contributed by atoms with Crippen molar-refractivity contribution in [1.29, 1.82) is 5.26 Å². The van der Waals surface area contributed by atoms with Gasteiger partial charge in [0.05, 0.1) is 24.8 Å². The normalized spacial score (nSPS) is 10.8. The zero-order chi connectivity index (χ0) is 21.2. The molecule has 7 heteroatoms. The molecule has 0 aromatic heterocycles. The van der Waals surface area contributed by atoms with Gasteiger partial charge in [0.15, 0.2) is 11.5 Å². The van der Waals surface area contributed by atoms with E-state index in [-0.39, 0.29) is 5.57 Å². The molecule has 0 heterocycles. The molecule has 6 nitrogen and oxygen atoms in total. The van der Waals surface area contributed by atoms with Gasteiger partial charge in [-0.25, -0.2) is 0 Å². The lowest BCUT2D eigenvalue weighted by molar-refractivity contribution is -0.112. The van der Waals surface area contributed by atoms with Crippen LogP contribution in [-0.2, 0) is 4.79 Å². The Balaban J connectivity index is 2.26. The molecule has 0 aliphatic rings. The van der Waals surface area contributed by atoms with Gasteiger partial charge in [-0.05, 0) is 62.7 Å². The monoisotopic (exact) mass is 414 g/mol. The highest BCUT2D eigenvalue weighted by Gasteiger charge is 2.14. The minimum atomic E-state index is -0.542. The minimum absolute atomic E-state index is 0.0904. The van der Waals surface area contributed by atoms with E-state index in [2.05, 4.69) is 5.32 Å². The zero-order valence-electron chi connectivity index (χ0n) is 16.6. The summed E-state index contributed by atoms with van der Waals surface area (Å²) in [6, 6.07) is 12.1. The lowest BCUT2D eigenvalue weighted by Crippen LogP contribution is -2.13. The van der Waals surface area contributed by atoms with Gasteiger partial charge in [-0.3, -0.25) is 4.79 Å². The first kappa shape index (κ1) is 22.1. The Kier molecular flexibility index (Phi) is 8.38. The highest BCUT2D eigenvalue weighted by atomic mass is 35.5. The number of rotatable bonds is 9. The Hall–Kier alpha value is -3.17. The van der Waals surface area contributed by atoms with E-state index in [0.29, 0.717) is 53.3 Å².